The number of ketones is 1. The maximum atomic E-state index is 13.0. The second-order valence-corrected chi connectivity index (χ2v) is 4.03. The Morgan fingerprint density at radius 3 is 2.74 bits per heavy atom. The number of Topliss-reactive ketones (excluding diaryl/α,β-unsaturated/α-hetero) is 1. The highest BCUT2D eigenvalue weighted by Gasteiger charge is 2.17. The van der Waals surface area contributed by atoms with Gasteiger partial charge in [-0.25, -0.2) is 8.78 Å². The molecule has 0 spiro atoms. The molecule has 1 aromatic heterocycles. The molecule has 0 aliphatic rings. The third-order valence-electron chi connectivity index (χ3n) is 2.63. The largest absolute Gasteiger partial charge is 0.467 e. The lowest BCUT2D eigenvalue weighted by molar-refractivity contribution is 0.0356. The van der Waals surface area contributed by atoms with Crippen LogP contribution < -0.4 is 0 Å². The quantitative estimate of drug-likeness (QED) is 0.779. The Morgan fingerprint density at radius 2 is 2.11 bits per heavy atom. The van der Waals surface area contributed by atoms with Crippen LogP contribution in [-0.4, -0.2) is 11.9 Å². The zero-order valence-electron chi connectivity index (χ0n) is 10.2. The molecule has 1 atom stereocenters. The summed E-state index contributed by atoms with van der Waals surface area (Å²) in [6.45, 7) is 1.69. The Labute approximate surface area is 108 Å². The Kier molecular flexibility index (Phi) is 4.06. The summed E-state index contributed by atoms with van der Waals surface area (Å²) in [5.74, 6) is -1.86. The molecule has 3 nitrogen and oxygen atoms in total. The second kappa shape index (κ2) is 5.75. The van der Waals surface area contributed by atoms with E-state index < -0.39 is 23.5 Å². The summed E-state index contributed by atoms with van der Waals surface area (Å²) >= 11 is 0. The first-order chi connectivity index (χ1) is 9.08. The van der Waals surface area contributed by atoms with Crippen molar-refractivity contribution in [2.75, 3.05) is 0 Å². The molecular formula is C14H12F2O3. The van der Waals surface area contributed by atoms with Gasteiger partial charge in [0.25, 0.3) is 0 Å². The van der Waals surface area contributed by atoms with Crippen LogP contribution in [0.15, 0.2) is 41.0 Å². The average molecular weight is 266 g/mol. The highest BCUT2D eigenvalue weighted by molar-refractivity contribution is 5.99. The molecule has 1 aromatic carbocycles. The van der Waals surface area contributed by atoms with Gasteiger partial charge in [0.1, 0.15) is 18.5 Å². The van der Waals surface area contributed by atoms with Crippen LogP contribution in [0.3, 0.4) is 0 Å². The SMILES string of the molecule is CC(OCc1ccco1)C(=O)c1ccc(F)c(F)c1. The standard InChI is InChI=1S/C14H12F2O3/c1-9(19-8-11-3-2-6-18-11)14(17)10-4-5-12(15)13(16)7-10/h2-7,9H,8H2,1H3. The van der Waals surface area contributed by atoms with E-state index in [9.17, 15) is 13.6 Å². The van der Waals surface area contributed by atoms with Crippen molar-refractivity contribution in [2.24, 2.45) is 0 Å². The van der Waals surface area contributed by atoms with Crippen LogP contribution in [0.25, 0.3) is 0 Å². The monoisotopic (exact) mass is 266 g/mol. The molecular weight excluding hydrogens is 254 g/mol. The minimum absolute atomic E-state index is 0.0749. The Bertz CT molecular complexity index is 564. The molecule has 5 heteroatoms. The van der Waals surface area contributed by atoms with Gasteiger partial charge in [-0.1, -0.05) is 0 Å². The second-order valence-electron chi connectivity index (χ2n) is 4.03. The molecule has 0 N–H and O–H groups in total. The molecule has 0 fully saturated rings. The van der Waals surface area contributed by atoms with Crippen molar-refractivity contribution in [3.63, 3.8) is 0 Å². The lowest BCUT2D eigenvalue weighted by atomic mass is 10.1. The summed E-state index contributed by atoms with van der Waals surface area (Å²) in [7, 11) is 0. The van der Waals surface area contributed by atoms with Crippen LogP contribution in [0.4, 0.5) is 8.78 Å². The van der Waals surface area contributed by atoms with Gasteiger partial charge in [0, 0.05) is 5.56 Å². The van der Waals surface area contributed by atoms with Gasteiger partial charge < -0.3 is 9.15 Å². The topological polar surface area (TPSA) is 39.4 Å². The van der Waals surface area contributed by atoms with Gasteiger partial charge in [-0.05, 0) is 37.3 Å². The number of benzene rings is 1. The van der Waals surface area contributed by atoms with Crippen molar-refractivity contribution in [3.05, 3.63) is 59.6 Å². The van der Waals surface area contributed by atoms with E-state index >= 15 is 0 Å². The number of hydrogen-bond acceptors (Lipinski definition) is 3. The predicted octanol–water partition coefficient (Wildman–Crippen LogP) is 3.35. The molecule has 19 heavy (non-hydrogen) atoms. The molecule has 0 saturated carbocycles. The van der Waals surface area contributed by atoms with E-state index in [1.807, 2.05) is 0 Å². The zero-order chi connectivity index (χ0) is 13.8. The van der Waals surface area contributed by atoms with Crippen molar-refractivity contribution in [3.8, 4) is 0 Å². The summed E-state index contributed by atoms with van der Waals surface area (Å²) in [4.78, 5) is 11.9. The molecule has 0 bridgehead atoms. The van der Waals surface area contributed by atoms with E-state index in [1.54, 1.807) is 19.1 Å². The number of carbonyl (C=O) groups is 1. The Hall–Kier alpha value is -2.01. The summed E-state index contributed by atoms with van der Waals surface area (Å²) < 4.78 is 36.2. The Balaban J connectivity index is 2.00. The first kappa shape index (κ1) is 13.4. The van der Waals surface area contributed by atoms with Crippen LogP contribution in [0.5, 0.6) is 0 Å². The molecule has 0 aliphatic carbocycles. The minimum atomic E-state index is -1.05. The number of hydrogen-bond donors (Lipinski definition) is 0. The lowest BCUT2D eigenvalue weighted by Gasteiger charge is -2.11. The van der Waals surface area contributed by atoms with E-state index in [0.29, 0.717) is 5.76 Å². The maximum Gasteiger partial charge on any atom is 0.191 e. The summed E-state index contributed by atoms with van der Waals surface area (Å²) in [5.41, 5.74) is 0.0749. The predicted molar refractivity (Wildman–Crippen MR) is 63.6 cm³/mol. The molecule has 1 heterocycles. The van der Waals surface area contributed by atoms with E-state index in [-0.39, 0.29) is 12.2 Å². The first-order valence-corrected chi connectivity index (χ1v) is 5.71. The molecule has 2 aromatic rings. The van der Waals surface area contributed by atoms with Crippen molar-refractivity contribution in [1.29, 1.82) is 0 Å². The number of carbonyl (C=O) groups excluding carboxylic acids is 1. The maximum absolute atomic E-state index is 13.0. The molecule has 0 radical (unpaired) electrons. The molecule has 0 aliphatic heterocycles. The number of ether oxygens (including phenoxy) is 1. The van der Waals surface area contributed by atoms with E-state index in [0.717, 1.165) is 12.1 Å². The van der Waals surface area contributed by atoms with Gasteiger partial charge in [-0.3, -0.25) is 4.79 Å². The first-order valence-electron chi connectivity index (χ1n) is 5.71. The summed E-state index contributed by atoms with van der Waals surface area (Å²) in [5, 5.41) is 0. The van der Waals surface area contributed by atoms with E-state index in [2.05, 4.69) is 0 Å². The van der Waals surface area contributed by atoms with Crippen LogP contribution in [0.2, 0.25) is 0 Å². The fourth-order valence-electron chi connectivity index (χ4n) is 1.56. The molecule has 0 amide bonds. The third kappa shape index (κ3) is 3.26. The van der Waals surface area contributed by atoms with E-state index in [4.69, 9.17) is 9.15 Å². The normalized spacial score (nSPS) is 12.4. The van der Waals surface area contributed by atoms with Crippen molar-refractivity contribution >= 4 is 5.78 Å². The van der Waals surface area contributed by atoms with Crippen LogP contribution in [0, 0.1) is 11.6 Å². The number of furan rings is 1. The fourth-order valence-corrected chi connectivity index (χ4v) is 1.56. The fraction of sp³-hybridized carbons (Fsp3) is 0.214. The molecule has 1 unspecified atom stereocenters. The van der Waals surface area contributed by atoms with Gasteiger partial charge >= 0.3 is 0 Å². The van der Waals surface area contributed by atoms with Crippen LogP contribution in [0.1, 0.15) is 23.0 Å². The third-order valence-corrected chi connectivity index (χ3v) is 2.63. The number of halogens is 2. The minimum Gasteiger partial charge on any atom is -0.467 e. The van der Waals surface area contributed by atoms with Gasteiger partial charge in [-0.15, -0.1) is 0 Å². The van der Waals surface area contributed by atoms with Gasteiger partial charge in [0.2, 0.25) is 0 Å². The van der Waals surface area contributed by atoms with Gasteiger partial charge in [-0.2, -0.15) is 0 Å². The summed E-state index contributed by atoms with van der Waals surface area (Å²) in [6.07, 6.45) is 0.732. The van der Waals surface area contributed by atoms with Gasteiger partial charge in [0.15, 0.2) is 17.4 Å². The average Bonchev–Trinajstić information content (AvgIpc) is 2.91. The van der Waals surface area contributed by atoms with Gasteiger partial charge in [0.05, 0.1) is 6.26 Å². The summed E-state index contributed by atoms with van der Waals surface area (Å²) in [6, 6.07) is 6.44. The van der Waals surface area contributed by atoms with Crippen molar-refractivity contribution in [1.82, 2.24) is 0 Å². The molecule has 100 valence electrons. The number of rotatable bonds is 5. The smallest absolute Gasteiger partial charge is 0.191 e. The Morgan fingerprint density at radius 1 is 1.32 bits per heavy atom. The van der Waals surface area contributed by atoms with Crippen molar-refractivity contribution in [2.45, 2.75) is 19.6 Å². The molecule has 2 rings (SSSR count). The van der Waals surface area contributed by atoms with Crippen LogP contribution in [-0.2, 0) is 11.3 Å². The highest BCUT2D eigenvalue weighted by atomic mass is 19.2. The van der Waals surface area contributed by atoms with E-state index in [1.165, 1.54) is 12.3 Å². The highest BCUT2D eigenvalue weighted by Crippen LogP contribution is 2.13. The molecule has 0 saturated heterocycles. The van der Waals surface area contributed by atoms with Crippen LogP contribution >= 0.6 is 0 Å². The lowest BCUT2D eigenvalue weighted by Crippen LogP contribution is -2.21. The zero-order valence-corrected chi connectivity index (χ0v) is 10.2. The van der Waals surface area contributed by atoms with Crippen molar-refractivity contribution < 1.29 is 22.7 Å².